The fourth-order valence-corrected chi connectivity index (χ4v) is 4.61. The molecule has 2 heterocycles. The summed E-state index contributed by atoms with van der Waals surface area (Å²) in [6, 6.07) is 1.72. The first-order valence-corrected chi connectivity index (χ1v) is 9.10. The van der Waals surface area contributed by atoms with Gasteiger partial charge in [0.25, 0.3) is 5.91 Å². The van der Waals surface area contributed by atoms with Gasteiger partial charge in [-0.25, -0.2) is 0 Å². The van der Waals surface area contributed by atoms with E-state index in [9.17, 15) is 9.90 Å². The van der Waals surface area contributed by atoms with Gasteiger partial charge in [0.05, 0.1) is 5.60 Å². The summed E-state index contributed by atoms with van der Waals surface area (Å²) in [4.78, 5) is 12.0. The van der Waals surface area contributed by atoms with E-state index in [4.69, 9.17) is 4.52 Å². The van der Waals surface area contributed by atoms with E-state index in [-0.39, 0.29) is 12.5 Å². The zero-order chi connectivity index (χ0) is 14.0. The van der Waals surface area contributed by atoms with Gasteiger partial charge in [0.2, 0.25) is 0 Å². The Morgan fingerprint density at radius 1 is 1.45 bits per heavy atom. The molecule has 0 aromatic carbocycles. The van der Waals surface area contributed by atoms with Crippen LogP contribution < -0.4 is 5.32 Å². The molecule has 1 saturated carbocycles. The van der Waals surface area contributed by atoms with Crippen LogP contribution in [0.2, 0.25) is 0 Å². The smallest absolute Gasteiger partial charge is 0.273 e. The number of aliphatic hydroxyl groups is 1. The van der Waals surface area contributed by atoms with E-state index in [1.807, 2.05) is 0 Å². The lowest BCUT2D eigenvalue weighted by Gasteiger charge is -2.25. The molecule has 1 aromatic heterocycles. The Labute approximate surface area is 126 Å². The number of aromatic nitrogens is 1. The van der Waals surface area contributed by atoms with Crippen molar-refractivity contribution in [3.8, 4) is 0 Å². The van der Waals surface area contributed by atoms with Gasteiger partial charge in [-0.3, -0.25) is 4.79 Å². The molecule has 7 heteroatoms. The Bertz CT molecular complexity index is 480. The van der Waals surface area contributed by atoms with E-state index in [1.165, 1.54) is 0 Å². The van der Waals surface area contributed by atoms with Crippen molar-refractivity contribution in [1.82, 2.24) is 10.5 Å². The molecule has 3 rings (SSSR count). The molecule has 2 N–H and O–H groups in total. The average Bonchev–Trinajstić information content (AvgIpc) is 3.21. The first kappa shape index (κ1) is 14.3. The summed E-state index contributed by atoms with van der Waals surface area (Å²) in [6.07, 6.45) is 2.23. The van der Waals surface area contributed by atoms with Crippen LogP contribution in [-0.4, -0.2) is 51.3 Å². The van der Waals surface area contributed by atoms with Crippen molar-refractivity contribution in [2.75, 3.05) is 29.6 Å². The van der Waals surface area contributed by atoms with Crippen LogP contribution in [0.15, 0.2) is 10.6 Å². The van der Waals surface area contributed by atoms with E-state index < -0.39 is 5.60 Å². The monoisotopic (exact) mass is 314 g/mol. The van der Waals surface area contributed by atoms with E-state index in [0.29, 0.717) is 23.1 Å². The van der Waals surface area contributed by atoms with Gasteiger partial charge < -0.3 is 14.9 Å². The van der Waals surface area contributed by atoms with E-state index in [0.717, 1.165) is 30.1 Å². The van der Waals surface area contributed by atoms with Crippen molar-refractivity contribution in [2.45, 2.75) is 24.4 Å². The van der Waals surface area contributed by atoms with Crippen molar-refractivity contribution in [1.29, 1.82) is 0 Å². The second-order valence-corrected chi connectivity index (χ2v) is 7.61. The number of nitrogens with zero attached hydrogens (tertiary/aromatic N) is 1. The minimum atomic E-state index is -0.829. The Morgan fingerprint density at radius 3 is 2.80 bits per heavy atom. The fourth-order valence-electron chi connectivity index (χ4n) is 2.08. The largest absolute Gasteiger partial charge is 0.386 e. The van der Waals surface area contributed by atoms with Crippen LogP contribution in [0.25, 0.3) is 0 Å². The third-order valence-corrected chi connectivity index (χ3v) is 6.16. The maximum atomic E-state index is 12.0. The first-order valence-electron chi connectivity index (χ1n) is 6.79. The minimum absolute atomic E-state index is 0.261. The molecule has 0 atom stereocenters. The molecule has 1 aliphatic heterocycles. The molecular weight excluding hydrogens is 296 g/mol. The van der Waals surface area contributed by atoms with Crippen molar-refractivity contribution in [3.63, 3.8) is 0 Å². The Morgan fingerprint density at radius 2 is 2.15 bits per heavy atom. The van der Waals surface area contributed by atoms with Crippen molar-refractivity contribution in [2.24, 2.45) is 0 Å². The molecule has 2 aliphatic rings. The maximum absolute atomic E-state index is 12.0. The third kappa shape index (κ3) is 3.51. The van der Waals surface area contributed by atoms with Crippen LogP contribution in [0.3, 0.4) is 0 Å². The molecule has 0 unspecified atom stereocenters. The molecule has 0 spiro atoms. The Hall–Kier alpha value is -0.660. The van der Waals surface area contributed by atoms with E-state index >= 15 is 0 Å². The van der Waals surface area contributed by atoms with Gasteiger partial charge >= 0.3 is 0 Å². The number of hydrogen-bond acceptors (Lipinski definition) is 6. The number of carbonyl (C=O) groups is 1. The standard InChI is InChI=1S/C13H18N2O3S2/c16-12(10-5-11(18-15-10)9-1-2-9)14-6-13(17)7-19-3-4-20-8-13/h5,9,17H,1-4,6-8H2,(H,14,16). The third-order valence-electron chi connectivity index (χ3n) is 3.43. The van der Waals surface area contributed by atoms with Crippen LogP contribution in [0.4, 0.5) is 0 Å². The molecule has 20 heavy (non-hydrogen) atoms. The molecular formula is C13H18N2O3S2. The minimum Gasteiger partial charge on any atom is -0.386 e. The van der Waals surface area contributed by atoms with Gasteiger partial charge in [0, 0.05) is 41.5 Å². The van der Waals surface area contributed by atoms with Gasteiger partial charge in [0.15, 0.2) is 5.69 Å². The first-order chi connectivity index (χ1) is 9.66. The van der Waals surface area contributed by atoms with Crippen LogP contribution in [0.1, 0.15) is 35.0 Å². The molecule has 1 saturated heterocycles. The lowest BCUT2D eigenvalue weighted by atomic mass is 10.1. The second kappa shape index (κ2) is 5.99. The van der Waals surface area contributed by atoms with Gasteiger partial charge in [-0.1, -0.05) is 5.16 Å². The van der Waals surface area contributed by atoms with Crippen LogP contribution in [0, 0.1) is 0 Å². The summed E-state index contributed by atoms with van der Waals surface area (Å²) in [7, 11) is 0. The highest BCUT2D eigenvalue weighted by Crippen LogP contribution is 2.40. The molecule has 5 nitrogen and oxygen atoms in total. The highest BCUT2D eigenvalue weighted by Gasteiger charge is 2.31. The average molecular weight is 314 g/mol. The number of rotatable bonds is 4. The predicted molar refractivity (Wildman–Crippen MR) is 80.4 cm³/mol. The second-order valence-electron chi connectivity index (χ2n) is 5.40. The van der Waals surface area contributed by atoms with Gasteiger partial charge in [-0.05, 0) is 12.8 Å². The van der Waals surface area contributed by atoms with Crippen molar-refractivity contribution in [3.05, 3.63) is 17.5 Å². The number of nitrogens with one attached hydrogen (secondary N) is 1. The summed E-state index contributed by atoms with van der Waals surface area (Å²) >= 11 is 3.46. The highest BCUT2D eigenvalue weighted by molar-refractivity contribution is 8.03. The van der Waals surface area contributed by atoms with Gasteiger partial charge in [0.1, 0.15) is 5.76 Å². The molecule has 1 amide bonds. The number of hydrogen-bond donors (Lipinski definition) is 2. The van der Waals surface area contributed by atoms with Crippen LogP contribution in [0.5, 0.6) is 0 Å². The van der Waals surface area contributed by atoms with Gasteiger partial charge in [-0.2, -0.15) is 23.5 Å². The quantitative estimate of drug-likeness (QED) is 0.877. The lowest BCUT2D eigenvalue weighted by molar-refractivity contribution is 0.0748. The van der Waals surface area contributed by atoms with E-state index in [1.54, 1.807) is 29.6 Å². The lowest BCUT2D eigenvalue weighted by Crippen LogP contribution is -2.46. The summed E-state index contributed by atoms with van der Waals surface area (Å²) in [6.45, 7) is 0.261. The normalized spacial score (nSPS) is 22.2. The molecule has 0 bridgehead atoms. The summed E-state index contributed by atoms with van der Waals surface area (Å²) in [5.41, 5.74) is -0.519. The Kier molecular flexibility index (Phi) is 4.28. The Balaban J connectivity index is 1.54. The molecule has 1 aliphatic carbocycles. The topological polar surface area (TPSA) is 75.4 Å². The number of carbonyl (C=O) groups excluding carboxylic acids is 1. The number of thioether (sulfide) groups is 2. The van der Waals surface area contributed by atoms with Gasteiger partial charge in [-0.15, -0.1) is 0 Å². The fraction of sp³-hybridized carbons (Fsp3) is 0.692. The zero-order valence-electron chi connectivity index (χ0n) is 11.1. The highest BCUT2D eigenvalue weighted by atomic mass is 32.2. The molecule has 1 aromatic rings. The SMILES string of the molecule is O=C(NCC1(O)CSCCSC1)c1cc(C2CC2)on1. The predicted octanol–water partition coefficient (Wildman–Crippen LogP) is 1.49. The summed E-state index contributed by atoms with van der Waals surface area (Å²) < 4.78 is 5.17. The van der Waals surface area contributed by atoms with Crippen LogP contribution >= 0.6 is 23.5 Å². The van der Waals surface area contributed by atoms with Crippen LogP contribution in [-0.2, 0) is 0 Å². The summed E-state index contributed by atoms with van der Waals surface area (Å²) in [5, 5.41) is 17.0. The molecule has 110 valence electrons. The maximum Gasteiger partial charge on any atom is 0.273 e. The summed E-state index contributed by atoms with van der Waals surface area (Å²) in [5.74, 6) is 4.40. The van der Waals surface area contributed by atoms with E-state index in [2.05, 4.69) is 10.5 Å². The van der Waals surface area contributed by atoms with Crippen molar-refractivity contribution < 1.29 is 14.4 Å². The number of amides is 1. The molecule has 0 radical (unpaired) electrons. The van der Waals surface area contributed by atoms with Crippen molar-refractivity contribution >= 4 is 29.4 Å². The zero-order valence-corrected chi connectivity index (χ0v) is 12.8. The molecule has 2 fully saturated rings.